The fourth-order valence-corrected chi connectivity index (χ4v) is 3.83. The van der Waals surface area contributed by atoms with Crippen LogP contribution in [0, 0.1) is 0 Å². The van der Waals surface area contributed by atoms with Gasteiger partial charge in [0.05, 0.1) is 0 Å². The second-order valence-electron chi connectivity index (χ2n) is 5.97. The van der Waals surface area contributed by atoms with Gasteiger partial charge in [-0.15, -0.1) is 0 Å². The van der Waals surface area contributed by atoms with Crippen molar-refractivity contribution in [2.75, 3.05) is 0 Å². The fraction of sp³-hybridized carbons (Fsp3) is 0. The molecule has 1 aromatic heterocycles. The lowest BCUT2D eigenvalue weighted by atomic mass is 9.90. The van der Waals surface area contributed by atoms with Crippen LogP contribution in [-0.4, -0.2) is 4.98 Å². The van der Waals surface area contributed by atoms with E-state index in [1.807, 2.05) is 12.1 Å². The zero-order valence-corrected chi connectivity index (χ0v) is 13.6. The third-order valence-corrected chi connectivity index (χ3v) is 5.13. The highest BCUT2D eigenvalue weighted by Gasteiger charge is 2.11. The Balaban J connectivity index is 1.91. The SMILES string of the molecule is O=Pc1ccc(-c2ccc3ccc4cccc5ccc2c3c45)cn1. The summed E-state index contributed by atoms with van der Waals surface area (Å²) in [6.45, 7) is 0. The first kappa shape index (κ1) is 13.6. The van der Waals surface area contributed by atoms with E-state index in [-0.39, 0.29) is 8.46 Å². The van der Waals surface area contributed by atoms with E-state index in [1.54, 1.807) is 6.20 Å². The van der Waals surface area contributed by atoms with Crippen LogP contribution in [0.25, 0.3) is 43.4 Å². The summed E-state index contributed by atoms with van der Waals surface area (Å²) in [5.74, 6) is 0. The maximum Gasteiger partial charge on any atom is 0.212 e. The molecule has 0 radical (unpaired) electrons. The topological polar surface area (TPSA) is 30.0 Å². The molecule has 0 aliphatic rings. The maximum atomic E-state index is 10.9. The van der Waals surface area contributed by atoms with Gasteiger partial charge < -0.3 is 0 Å². The summed E-state index contributed by atoms with van der Waals surface area (Å²) in [6.07, 6.45) is 1.80. The van der Waals surface area contributed by atoms with E-state index < -0.39 is 0 Å². The summed E-state index contributed by atoms with van der Waals surface area (Å²) in [5, 5.41) is 7.63. The Kier molecular flexibility index (Phi) is 2.88. The van der Waals surface area contributed by atoms with Crippen LogP contribution in [0.5, 0.6) is 0 Å². The molecule has 0 aliphatic carbocycles. The Morgan fingerprint density at radius 2 is 1.42 bits per heavy atom. The molecule has 0 atom stereocenters. The summed E-state index contributed by atoms with van der Waals surface area (Å²) in [5.41, 5.74) is 2.75. The molecule has 0 N–H and O–H groups in total. The number of hydrogen-bond donors (Lipinski definition) is 0. The minimum atomic E-state index is -0.0455. The highest BCUT2D eigenvalue weighted by molar-refractivity contribution is 7.33. The lowest BCUT2D eigenvalue weighted by molar-refractivity contribution is 0.602. The smallest absolute Gasteiger partial charge is 0.212 e. The number of hydrogen-bond acceptors (Lipinski definition) is 2. The molecule has 0 spiro atoms. The number of nitrogens with zero attached hydrogens (tertiary/aromatic N) is 1. The molecule has 0 saturated carbocycles. The summed E-state index contributed by atoms with van der Waals surface area (Å²) in [6, 6.07) is 23.3. The lowest BCUT2D eigenvalue weighted by Gasteiger charge is -2.13. The van der Waals surface area contributed by atoms with Crippen molar-refractivity contribution in [1.29, 1.82) is 0 Å². The van der Waals surface area contributed by atoms with Crippen LogP contribution in [0.3, 0.4) is 0 Å². The number of pyridine rings is 1. The van der Waals surface area contributed by atoms with E-state index in [9.17, 15) is 4.57 Å². The Labute approximate surface area is 140 Å². The zero-order chi connectivity index (χ0) is 16.1. The molecule has 24 heavy (non-hydrogen) atoms. The molecule has 5 rings (SSSR count). The molecule has 0 fully saturated rings. The highest BCUT2D eigenvalue weighted by atomic mass is 31.1. The van der Waals surface area contributed by atoms with Crippen LogP contribution < -0.4 is 5.44 Å². The quantitative estimate of drug-likeness (QED) is 0.314. The van der Waals surface area contributed by atoms with Crippen molar-refractivity contribution in [3.05, 3.63) is 72.9 Å². The first-order valence-corrected chi connectivity index (χ1v) is 8.63. The first-order valence-electron chi connectivity index (χ1n) is 7.81. The molecule has 0 saturated heterocycles. The molecule has 0 amide bonds. The van der Waals surface area contributed by atoms with Gasteiger partial charge in [-0.1, -0.05) is 60.7 Å². The van der Waals surface area contributed by atoms with Gasteiger partial charge in [-0.3, -0.25) is 4.57 Å². The fourth-order valence-electron chi connectivity index (χ4n) is 3.59. The molecular weight excluding hydrogens is 313 g/mol. The van der Waals surface area contributed by atoms with Gasteiger partial charge in [0, 0.05) is 11.8 Å². The molecule has 0 unspecified atom stereocenters. The molecule has 1 heterocycles. The maximum absolute atomic E-state index is 10.9. The van der Waals surface area contributed by atoms with Gasteiger partial charge in [-0.25, -0.2) is 4.98 Å². The molecule has 4 aromatic carbocycles. The second kappa shape index (κ2) is 5.09. The summed E-state index contributed by atoms with van der Waals surface area (Å²) < 4.78 is 10.9. The number of rotatable bonds is 2. The van der Waals surface area contributed by atoms with Crippen LogP contribution in [0.2, 0.25) is 0 Å². The van der Waals surface area contributed by atoms with Gasteiger partial charge in [0.1, 0.15) is 5.44 Å². The molecule has 2 nitrogen and oxygen atoms in total. The molecule has 0 aliphatic heterocycles. The largest absolute Gasteiger partial charge is 0.268 e. The van der Waals surface area contributed by atoms with Crippen LogP contribution in [0.1, 0.15) is 0 Å². The van der Waals surface area contributed by atoms with E-state index in [0.29, 0.717) is 5.44 Å². The minimum absolute atomic E-state index is 0.0455. The van der Waals surface area contributed by atoms with Crippen molar-refractivity contribution < 1.29 is 4.57 Å². The van der Waals surface area contributed by atoms with Crippen molar-refractivity contribution in [3.63, 3.8) is 0 Å². The predicted octanol–water partition coefficient (Wildman–Crippen LogP) is 5.56. The van der Waals surface area contributed by atoms with Crippen molar-refractivity contribution in [2.45, 2.75) is 0 Å². The van der Waals surface area contributed by atoms with Crippen molar-refractivity contribution >= 4 is 46.2 Å². The van der Waals surface area contributed by atoms with E-state index in [1.165, 1.54) is 32.3 Å². The standard InChI is InChI=1S/C21H12NOP/c23-24-19-11-8-16(12-22-19)17-9-6-15-5-4-13-2-1-3-14-7-10-18(17)21(15)20(13)14/h1-12H. The summed E-state index contributed by atoms with van der Waals surface area (Å²) in [4.78, 5) is 4.26. The Morgan fingerprint density at radius 3 is 2.12 bits per heavy atom. The molecule has 112 valence electrons. The van der Waals surface area contributed by atoms with Gasteiger partial charge in [0.15, 0.2) is 0 Å². The monoisotopic (exact) mass is 325 g/mol. The van der Waals surface area contributed by atoms with Crippen molar-refractivity contribution in [1.82, 2.24) is 4.98 Å². The third-order valence-electron chi connectivity index (χ3n) is 4.68. The van der Waals surface area contributed by atoms with Crippen molar-refractivity contribution in [2.24, 2.45) is 0 Å². The predicted molar refractivity (Wildman–Crippen MR) is 101 cm³/mol. The molecule has 3 heteroatoms. The van der Waals surface area contributed by atoms with E-state index in [0.717, 1.165) is 11.1 Å². The van der Waals surface area contributed by atoms with Gasteiger partial charge in [-0.05, 0) is 43.9 Å². The van der Waals surface area contributed by atoms with E-state index in [4.69, 9.17) is 0 Å². The lowest BCUT2D eigenvalue weighted by Crippen LogP contribution is -1.97. The van der Waals surface area contributed by atoms with Gasteiger partial charge >= 0.3 is 0 Å². The van der Waals surface area contributed by atoms with E-state index >= 15 is 0 Å². The number of benzene rings is 4. The first-order chi connectivity index (χ1) is 11.8. The highest BCUT2D eigenvalue weighted by Crippen LogP contribution is 2.38. The average Bonchev–Trinajstić information content (AvgIpc) is 2.66. The van der Waals surface area contributed by atoms with Crippen LogP contribution in [0.4, 0.5) is 0 Å². The minimum Gasteiger partial charge on any atom is -0.268 e. The number of aromatic nitrogens is 1. The van der Waals surface area contributed by atoms with Crippen molar-refractivity contribution in [3.8, 4) is 11.1 Å². The molecule has 5 aromatic rings. The average molecular weight is 325 g/mol. The van der Waals surface area contributed by atoms with Crippen LogP contribution in [0.15, 0.2) is 72.9 Å². The van der Waals surface area contributed by atoms with E-state index in [2.05, 4.69) is 59.6 Å². The Morgan fingerprint density at radius 1 is 0.708 bits per heavy atom. The third kappa shape index (κ3) is 1.87. The van der Waals surface area contributed by atoms with Gasteiger partial charge in [-0.2, -0.15) is 0 Å². The summed E-state index contributed by atoms with van der Waals surface area (Å²) in [7, 11) is -0.0455. The normalized spacial score (nSPS) is 11.8. The van der Waals surface area contributed by atoms with Crippen LogP contribution in [-0.2, 0) is 4.57 Å². The molecular formula is C21H12NOP. The van der Waals surface area contributed by atoms with Gasteiger partial charge in [0.25, 0.3) is 0 Å². The van der Waals surface area contributed by atoms with Crippen LogP contribution >= 0.6 is 8.46 Å². The Hall–Kier alpha value is -2.83. The second-order valence-corrected chi connectivity index (χ2v) is 6.61. The van der Waals surface area contributed by atoms with Gasteiger partial charge in [0.2, 0.25) is 8.46 Å². The summed E-state index contributed by atoms with van der Waals surface area (Å²) >= 11 is 0. The molecule has 0 bridgehead atoms. The Bertz CT molecular complexity index is 1200. The zero-order valence-electron chi connectivity index (χ0n) is 12.7.